The van der Waals surface area contributed by atoms with Gasteiger partial charge in [0, 0.05) is 24.7 Å². The van der Waals surface area contributed by atoms with Gasteiger partial charge in [0.1, 0.15) is 4.60 Å². The van der Waals surface area contributed by atoms with Crippen molar-refractivity contribution in [2.24, 2.45) is 0 Å². The fourth-order valence-electron chi connectivity index (χ4n) is 2.07. The van der Waals surface area contributed by atoms with Crippen LogP contribution in [0.1, 0.15) is 27.2 Å². The molecule has 1 aromatic heterocycles. The van der Waals surface area contributed by atoms with E-state index < -0.39 is 0 Å². The highest BCUT2D eigenvalue weighted by Crippen LogP contribution is 2.17. The van der Waals surface area contributed by atoms with Crippen LogP contribution in [0.5, 0.6) is 0 Å². The van der Waals surface area contributed by atoms with Gasteiger partial charge >= 0.3 is 0 Å². The lowest BCUT2D eigenvalue weighted by molar-refractivity contribution is 0.373. The van der Waals surface area contributed by atoms with Crippen LogP contribution in [0, 0.1) is 0 Å². The number of hydrogen-bond acceptors (Lipinski definition) is 5. The van der Waals surface area contributed by atoms with Crippen molar-refractivity contribution in [1.29, 1.82) is 0 Å². The molecule has 17 heavy (non-hydrogen) atoms. The first-order valence-electron chi connectivity index (χ1n) is 5.82. The summed E-state index contributed by atoms with van der Waals surface area (Å²) in [6, 6.07) is 0.502. The van der Waals surface area contributed by atoms with E-state index in [1.54, 1.807) is 6.20 Å². The zero-order chi connectivity index (χ0) is 12.5. The Morgan fingerprint density at radius 2 is 2.18 bits per heavy atom. The molecule has 2 rings (SSSR count). The molecule has 0 unspecified atom stereocenters. The lowest BCUT2D eigenvalue weighted by Crippen LogP contribution is -2.45. The Balaban J connectivity index is 1.96. The molecule has 2 heterocycles. The first-order chi connectivity index (χ1) is 7.94. The molecular formula is C11H18BrN5. The molecule has 1 aliphatic heterocycles. The number of anilines is 1. The van der Waals surface area contributed by atoms with Crippen LogP contribution >= 0.6 is 15.9 Å². The van der Waals surface area contributed by atoms with Crippen molar-refractivity contribution < 1.29 is 0 Å². The third-order valence-corrected chi connectivity index (χ3v) is 2.99. The summed E-state index contributed by atoms with van der Waals surface area (Å²) in [4.78, 5) is 6.44. The molecule has 0 aliphatic carbocycles. The summed E-state index contributed by atoms with van der Waals surface area (Å²) in [5.74, 6) is 0.714. The van der Waals surface area contributed by atoms with Gasteiger partial charge in [0.2, 0.25) is 5.95 Å². The van der Waals surface area contributed by atoms with Crippen molar-refractivity contribution in [3.05, 3.63) is 10.8 Å². The molecule has 1 saturated heterocycles. The monoisotopic (exact) mass is 299 g/mol. The number of halogens is 1. The van der Waals surface area contributed by atoms with Gasteiger partial charge in [-0.3, -0.25) is 0 Å². The standard InChI is InChI=1S/C11H18BrN5/c1-11(2,3)14-8-4-5-17(7-8)10-13-6-9(12)15-16-10/h6,8,14H,4-5,7H2,1-3H3/t8-/m1/s1. The van der Waals surface area contributed by atoms with E-state index in [1.165, 1.54) is 0 Å². The van der Waals surface area contributed by atoms with Gasteiger partial charge in [-0.15, -0.1) is 10.2 Å². The summed E-state index contributed by atoms with van der Waals surface area (Å²) < 4.78 is 0.671. The zero-order valence-corrected chi connectivity index (χ0v) is 12.0. The summed E-state index contributed by atoms with van der Waals surface area (Å²) >= 11 is 3.24. The van der Waals surface area contributed by atoms with Crippen LogP contribution in [-0.4, -0.2) is 39.9 Å². The highest BCUT2D eigenvalue weighted by atomic mass is 79.9. The maximum absolute atomic E-state index is 4.27. The highest BCUT2D eigenvalue weighted by Gasteiger charge is 2.27. The van der Waals surface area contributed by atoms with E-state index >= 15 is 0 Å². The highest BCUT2D eigenvalue weighted by molar-refractivity contribution is 9.10. The Bertz CT molecular complexity index is 372. The van der Waals surface area contributed by atoms with Gasteiger partial charge in [-0.25, -0.2) is 4.98 Å². The van der Waals surface area contributed by atoms with E-state index in [9.17, 15) is 0 Å². The number of rotatable bonds is 2. The predicted molar refractivity (Wildman–Crippen MR) is 71.0 cm³/mol. The van der Waals surface area contributed by atoms with Crippen LogP contribution in [0.25, 0.3) is 0 Å². The van der Waals surface area contributed by atoms with E-state index in [1.807, 2.05) is 0 Å². The van der Waals surface area contributed by atoms with Gasteiger partial charge in [-0.2, -0.15) is 0 Å². The van der Waals surface area contributed by atoms with Crippen LogP contribution in [0.3, 0.4) is 0 Å². The SMILES string of the molecule is CC(C)(C)N[C@@H]1CCN(c2ncc(Br)nn2)C1. The number of aromatic nitrogens is 3. The third-order valence-electron chi connectivity index (χ3n) is 2.63. The minimum atomic E-state index is 0.152. The molecule has 1 aromatic rings. The number of nitrogens with zero attached hydrogens (tertiary/aromatic N) is 4. The van der Waals surface area contributed by atoms with E-state index in [0.717, 1.165) is 19.5 Å². The molecule has 0 radical (unpaired) electrons. The molecular weight excluding hydrogens is 282 g/mol. The Hall–Kier alpha value is -0.750. The average molecular weight is 300 g/mol. The predicted octanol–water partition coefficient (Wildman–Crippen LogP) is 1.60. The van der Waals surface area contributed by atoms with Gasteiger partial charge in [0.25, 0.3) is 0 Å². The van der Waals surface area contributed by atoms with Crippen molar-refractivity contribution in [2.75, 3.05) is 18.0 Å². The van der Waals surface area contributed by atoms with Crippen molar-refractivity contribution in [2.45, 2.75) is 38.8 Å². The molecule has 1 fully saturated rings. The summed E-state index contributed by atoms with van der Waals surface area (Å²) in [5.41, 5.74) is 0.152. The molecule has 0 aromatic carbocycles. The second kappa shape index (κ2) is 4.86. The molecule has 0 saturated carbocycles. The van der Waals surface area contributed by atoms with Gasteiger partial charge in [0.05, 0.1) is 6.20 Å². The zero-order valence-electron chi connectivity index (χ0n) is 10.4. The van der Waals surface area contributed by atoms with Crippen LogP contribution in [0.2, 0.25) is 0 Å². The van der Waals surface area contributed by atoms with Gasteiger partial charge in [-0.05, 0) is 43.1 Å². The lowest BCUT2D eigenvalue weighted by Gasteiger charge is -2.25. The largest absolute Gasteiger partial charge is 0.338 e. The molecule has 1 N–H and O–H groups in total. The smallest absolute Gasteiger partial charge is 0.245 e. The summed E-state index contributed by atoms with van der Waals surface area (Å²) in [5, 5.41) is 11.6. The topological polar surface area (TPSA) is 53.9 Å². The maximum Gasteiger partial charge on any atom is 0.245 e. The summed E-state index contributed by atoms with van der Waals surface area (Å²) in [6.45, 7) is 8.49. The molecule has 1 aliphatic rings. The van der Waals surface area contributed by atoms with Crippen LogP contribution < -0.4 is 10.2 Å². The Kier molecular flexibility index (Phi) is 3.63. The van der Waals surface area contributed by atoms with Crippen molar-refractivity contribution >= 4 is 21.9 Å². The van der Waals surface area contributed by atoms with Crippen molar-refractivity contribution in [1.82, 2.24) is 20.5 Å². The van der Waals surface area contributed by atoms with E-state index in [4.69, 9.17) is 0 Å². The molecule has 1 atom stereocenters. The summed E-state index contributed by atoms with van der Waals surface area (Å²) in [6.07, 6.45) is 2.81. The van der Waals surface area contributed by atoms with Gasteiger partial charge in [-0.1, -0.05) is 0 Å². The molecule has 0 amide bonds. The Morgan fingerprint density at radius 3 is 2.76 bits per heavy atom. The Labute approximate surface area is 110 Å². The molecule has 0 spiro atoms. The Morgan fingerprint density at radius 1 is 1.41 bits per heavy atom. The van der Waals surface area contributed by atoms with Crippen LogP contribution in [-0.2, 0) is 0 Å². The summed E-state index contributed by atoms with van der Waals surface area (Å²) in [7, 11) is 0. The van der Waals surface area contributed by atoms with E-state index in [2.05, 4.69) is 62.1 Å². The maximum atomic E-state index is 4.27. The fraction of sp³-hybridized carbons (Fsp3) is 0.727. The van der Waals surface area contributed by atoms with E-state index in [-0.39, 0.29) is 5.54 Å². The first kappa shape index (κ1) is 12.7. The first-order valence-corrected chi connectivity index (χ1v) is 6.61. The second-order valence-electron chi connectivity index (χ2n) is 5.41. The van der Waals surface area contributed by atoms with Crippen molar-refractivity contribution in [3.63, 3.8) is 0 Å². The van der Waals surface area contributed by atoms with Crippen molar-refractivity contribution in [3.8, 4) is 0 Å². The molecule has 6 heteroatoms. The molecule has 0 bridgehead atoms. The van der Waals surface area contributed by atoms with E-state index in [0.29, 0.717) is 16.6 Å². The van der Waals surface area contributed by atoms with Crippen LogP contribution in [0.4, 0.5) is 5.95 Å². The minimum Gasteiger partial charge on any atom is -0.338 e. The minimum absolute atomic E-state index is 0.152. The van der Waals surface area contributed by atoms with Gasteiger partial charge in [0.15, 0.2) is 0 Å². The van der Waals surface area contributed by atoms with Gasteiger partial charge < -0.3 is 10.2 Å². The number of hydrogen-bond donors (Lipinski definition) is 1. The van der Waals surface area contributed by atoms with Crippen LogP contribution in [0.15, 0.2) is 10.8 Å². The third kappa shape index (κ3) is 3.61. The fourth-order valence-corrected chi connectivity index (χ4v) is 2.25. The molecule has 94 valence electrons. The lowest BCUT2D eigenvalue weighted by atomic mass is 10.1. The quantitative estimate of drug-likeness (QED) is 0.899. The number of nitrogens with one attached hydrogen (secondary N) is 1. The molecule has 5 nitrogen and oxygen atoms in total. The second-order valence-corrected chi connectivity index (χ2v) is 6.22. The average Bonchev–Trinajstić information content (AvgIpc) is 2.64. The normalized spacial score (nSPS) is 20.9.